The average Bonchev–Trinajstić information content (AvgIpc) is 2.62. The van der Waals surface area contributed by atoms with Gasteiger partial charge in [0.25, 0.3) is 0 Å². The molecule has 0 aromatic carbocycles. The Morgan fingerprint density at radius 3 is 1.88 bits per heavy atom. The van der Waals surface area contributed by atoms with Gasteiger partial charge in [0.05, 0.1) is 0 Å². The Morgan fingerprint density at radius 2 is 1.62 bits per heavy atom. The van der Waals surface area contributed by atoms with Gasteiger partial charge in [0.1, 0.15) is 0 Å². The van der Waals surface area contributed by atoms with Crippen LogP contribution in [0.15, 0.2) is 11.6 Å². The lowest BCUT2D eigenvalue weighted by Gasteiger charge is -2.15. The highest BCUT2D eigenvalue weighted by Crippen LogP contribution is 2.60. The molecule has 1 rings (SSSR count). The molecule has 1 aliphatic carbocycles. The van der Waals surface area contributed by atoms with Crippen LogP contribution in [0, 0.1) is 29.1 Å². The van der Waals surface area contributed by atoms with Crippen LogP contribution in [-0.4, -0.2) is 5.24 Å². The zero-order valence-electron chi connectivity index (χ0n) is 11.2. The van der Waals surface area contributed by atoms with E-state index in [0.717, 1.165) is 0 Å². The molecule has 0 aliphatic heterocycles. The summed E-state index contributed by atoms with van der Waals surface area (Å²) in [6.07, 6.45) is 2.29. The predicted octanol–water partition coefficient (Wildman–Crippen LogP) is 4.26. The van der Waals surface area contributed by atoms with E-state index in [1.165, 1.54) is 5.57 Å². The number of rotatable bonds is 4. The second kappa shape index (κ2) is 4.52. The van der Waals surface area contributed by atoms with Crippen LogP contribution < -0.4 is 0 Å². The van der Waals surface area contributed by atoms with E-state index in [1.54, 1.807) is 0 Å². The summed E-state index contributed by atoms with van der Waals surface area (Å²) >= 11 is 5.63. The maximum absolute atomic E-state index is 11.3. The van der Waals surface area contributed by atoms with Gasteiger partial charge in [0, 0.05) is 5.92 Å². The smallest absolute Gasteiger partial charge is 0.225 e. The van der Waals surface area contributed by atoms with E-state index in [4.69, 9.17) is 11.6 Å². The molecule has 1 fully saturated rings. The summed E-state index contributed by atoms with van der Waals surface area (Å²) in [5, 5.41) is -0.182. The highest BCUT2D eigenvalue weighted by atomic mass is 35.5. The largest absolute Gasteiger partial charge is 0.281 e. The van der Waals surface area contributed by atoms with E-state index in [1.807, 2.05) is 0 Å². The number of hydrogen-bond acceptors (Lipinski definition) is 1. The molecule has 1 nitrogen and oxygen atoms in total. The normalized spacial score (nSPS) is 27.1. The molecule has 0 radical (unpaired) electrons. The minimum absolute atomic E-state index is 0.0154. The highest BCUT2D eigenvalue weighted by molar-refractivity contribution is 6.64. The first-order chi connectivity index (χ1) is 7.19. The molecule has 2 atom stereocenters. The lowest BCUT2D eigenvalue weighted by atomic mass is 9.90. The summed E-state index contributed by atoms with van der Waals surface area (Å²) < 4.78 is 0. The van der Waals surface area contributed by atoms with Gasteiger partial charge < -0.3 is 0 Å². The lowest BCUT2D eigenvalue weighted by molar-refractivity contribution is -0.113. The first-order valence-corrected chi connectivity index (χ1v) is 6.48. The fourth-order valence-electron chi connectivity index (χ4n) is 2.68. The number of halogens is 1. The van der Waals surface area contributed by atoms with Gasteiger partial charge >= 0.3 is 0 Å². The highest BCUT2D eigenvalue weighted by Gasteiger charge is 2.60. The van der Waals surface area contributed by atoms with Gasteiger partial charge in [-0.3, -0.25) is 4.79 Å². The molecule has 0 saturated heterocycles. The van der Waals surface area contributed by atoms with Crippen LogP contribution in [0.5, 0.6) is 0 Å². The van der Waals surface area contributed by atoms with Crippen LogP contribution in [-0.2, 0) is 4.79 Å². The zero-order valence-corrected chi connectivity index (χ0v) is 11.9. The summed E-state index contributed by atoms with van der Waals surface area (Å²) in [6.45, 7) is 13.1. The van der Waals surface area contributed by atoms with Gasteiger partial charge in [-0.1, -0.05) is 53.2 Å². The van der Waals surface area contributed by atoms with Crippen molar-refractivity contribution in [2.75, 3.05) is 0 Å². The van der Waals surface area contributed by atoms with Crippen LogP contribution in [0.4, 0.5) is 0 Å². The number of allylic oxidation sites excluding steroid dienone is 2. The fourth-order valence-corrected chi connectivity index (χ4v) is 3.10. The van der Waals surface area contributed by atoms with Gasteiger partial charge in [0.2, 0.25) is 5.24 Å². The van der Waals surface area contributed by atoms with E-state index in [2.05, 4.69) is 47.6 Å². The lowest BCUT2D eigenvalue weighted by Crippen LogP contribution is -2.03. The molecule has 2 heteroatoms. The maximum atomic E-state index is 11.3. The molecule has 0 N–H and O–H groups in total. The van der Waals surface area contributed by atoms with Crippen LogP contribution in [0.25, 0.3) is 0 Å². The first kappa shape index (κ1) is 13.8. The maximum Gasteiger partial charge on any atom is 0.225 e. The van der Waals surface area contributed by atoms with Crippen LogP contribution in [0.1, 0.15) is 41.5 Å². The van der Waals surface area contributed by atoms with E-state index >= 15 is 0 Å². The van der Waals surface area contributed by atoms with Crippen LogP contribution in [0.2, 0.25) is 0 Å². The van der Waals surface area contributed by atoms with Crippen molar-refractivity contribution in [1.82, 2.24) is 0 Å². The van der Waals surface area contributed by atoms with Crippen molar-refractivity contribution in [3.05, 3.63) is 11.6 Å². The van der Waals surface area contributed by atoms with E-state index in [-0.39, 0.29) is 16.6 Å². The van der Waals surface area contributed by atoms with Gasteiger partial charge in [-0.05, 0) is 34.8 Å². The Morgan fingerprint density at radius 1 is 1.19 bits per heavy atom. The minimum Gasteiger partial charge on any atom is -0.281 e. The molecule has 0 spiro atoms. The predicted molar refractivity (Wildman–Crippen MR) is 69.4 cm³/mol. The minimum atomic E-state index is -0.182. The summed E-state index contributed by atoms with van der Waals surface area (Å²) in [5.41, 5.74) is 1.49. The van der Waals surface area contributed by atoms with Crippen molar-refractivity contribution in [3.63, 3.8) is 0 Å². The van der Waals surface area contributed by atoms with Gasteiger partial charge in [-0.15, -0.1) is 0 Å². The standard InChI is InChI=1S/C14H23ClO/c1-8(2)10(9(3)4)7-11-12(13(15)16)14(11,5)6/h7-9,11-12H,1-6H3. The third kappa shape index (κ3) is 2.51. The molecule has 2 unspecified atom stereocenters. The van der Waals surface area contributed by atoms with Crippen LogP contribution >= 0.6 is 11.6 Å². The van der Waals surface area contributed by atoms with Gasteiger partial charge in [-0.2, -0.15) is 0 Å². The molecular weight excluding hydrogens is 220 g/mol. The van der Waals surface area contributed by atoms with Crippen molar-refractivity contribution in [1.29, 1.82) is 0 Å². The third-order valence-corrected chi connectivity index (χ3v) is 4.10. The summed E-state index contributed by atoms with van der Waals surface area (Å²) in [4.78, 5) is 11.3. The van der Waals surface area contributed by atoms with E-state index in [0.29, 0.717) is 17.8 Å². The monoisotopic (exact) mass is 242 g/mol. The summed E-state index contributed by atoms with van der Waals surface area (Å²) in [7, 11) is 0. The zero-order chi connectivity index (χ0) is 12.7. The van der Waals surface area contributed by atoms with Gasteiger partial charge in [-0.25, -0.2) is 0 Å². The number of carbonyl (C=O) groups is 1. The molecule has 0 heterocycles. The topological polar surface area (TPSA) is 17.1 Å². The Hall–Kier alpha value is -0.300. The molecule has 0 bridgehead atoms. The third-order valence-electron chi connectivity index (χ3n) is 3.86. The molecule has 0 aromatic heterocycles. The van der Waals surface area contributed by atoms with Crippen molar-refractivity contribution >= 4 is 16.8 Å². The molecule has 0 amide bonds. The second-order valence-electron chi connectivity index (χ2n) is 6.11. The van der Waals surface area contributed by atoms with Crippen molar-refractivity contribution in [2.45, 2.75) is 41.5 Å². The SMILES string of the molecule is CC(C)C(=CC1C(C(=O)Cl)C1(C)C)C(C)C. The van der Waals surface area contributed by atoms with Crippen molar-refractivity contribution in [3.8, 4) is 0 Å². The Labute approximate surface area is 104 Å². The molecular formula is C14H23ClO. The Kier molecular flexibility index (Phi) is 3.89. The first-order valence-electron chi connectivity index (χ1n) is 6.10. The summed E-state index contributed by atoms with van der Waals surface area (Å²) in [6, 6.07) is 0. The fraction of sp³-hybridized carbons (Fsp3) is 0.786. The average molecular weight is 243 g/mol. The molecule has 16 heavy (non-hydrogen) atoms. The molecule has 1 aliphatic rings. The number of hydrogen-bond donors (Lipinski definition) is 0. The van der Waals surface area contributed by atoms with E-state index < -0.39 is 0 Å². The Balaban J connectivity index is 2.89. The van der Waals surface area contributed by atoms with Gasteiger partial charge in [0.15, 0.2) is 0 Å². The second-order valence-corrected chi connectivity index (χ2v) is 6.48. The molecule has 0 aromatic rings. The number of carbonyl (C=O) groups excluding carboxylic acids is 1. The van der Waals surface area contributed by atoms with E-state index in [9.17, 15) is 4.79 Å². The summed E-state index contributed by atoms with van der Waals surface area (Å²) in [5.74, 6) is 1.43. The van der Waals surface area contributed by atoms with Crippen LogP contribution in [0.3, 0.4) is 0 Å². The molecule has 92 valence electrons. The Bertz CT molecular complexity index is 303. The molecule has 1 saturated carbocycles. The quantitative estimate of drug-likeness (QED) is 0.532. The van der Waals surface area contributed by atoms with Crippen molar-refractivity contribution < 1.29 is 4.79 Å². The van der Waals surface area contributed by atoms with Crippen molar-refractivity contribution in [2.24, 2.45) is 29.1 Å².